The van der Waals surface area contributed by atoms with Crippen molar-refractivity contribution < 1.29 is 4.79 Å². The molecule has 2 aromatic rings. The molecule has 0 spiro atoms. The third-order valence-corrected chi connectivity index (χ3v) is 5.32. The Balaban J connectivity index is 0.00000208. The number of carbonyl (C=O) groups excluding carboxylic acids is 1. The number of likely N-dealkylation sites (tertiary alicyclic amines) is 1. The highest BCUT2D eigenvalue weighted by molar-refractivity contribution is 7.09. The first-order chi connectivity index (χ1) is 11.3. The lowest BCUT2D eigenvalue weighted by Crippen LogP contribution is -2.32. The van der Waals surface area contributed by atoms with E-state index in [2.05, 4.69) is 35.3 Å². The fourth-order valence-corrected chi connectivity index (χ4v) is 3.96. The summed E-state index contributed by atoms with van der Waals surface area (Å²) in [6, 6.07) is 10.6. The fraction of sp³-hybridized carbons (Fsp3) is 0.444. The number of carbonyl (C=O) groups is 1. The van der Waals surface area contributed by atoms with Gasteiger partial charge in [-0.05, 0) is 37.3 Å². The Morgan fingerprint density at radius 2 is 2.04 bits per heavy atom. The van der Waals surface area contributed by atoms with Gasteiger partial charge < -0.3 is 10.6 Å². The van der Waals surface area contributed by atoms with E-state index >= 15 is 0 Å². The molecule has 1 aromatic heterocycles. The largest absolute Gasteiger partial charge is 0.337 e. The van der Waals surface area contributed by atoms with Crippen LogP contribution in [0.15, 0.2) is 35.7 Å². The first kappa shape index (κ1) is 18.9. The molecule has 0 saturated carbocycles. The Kier molecular flexibility index (Phi) is 7.21. The molecule has 1 atom stereocenters. The van der Waals surface area contributed by atoms with E-state index in [-0.39, 0.29) is 18.3 Å². The fourth-order valence-electron chi connectivity index (χ4n) is 3.17. The first-order valence-electron chi connectivity index (χ1n) is 8.26. The van der Waals surface area contributed by atoms with E-state index in [1.165, 1.54) is 16.9 Å². The molecule has 24 heavy (non-hydrogen) atoms. The highest BCUT2D eigenvalue weighted by Crippen LogP contribution is 2.28. The molecule has 1 aliphatic heterocycles. The van der Waals surface area contributed by atoms with Gasteiger partial charge in [0.15, 0.2) is 0 Å². The van der Waals surface area contributed by atoms with Crippen LogP contribution in [0.25, 0.3) is 0 Å². The minimum absolute atomic E-state index is 0. The zero-order chi connectivity index (χ0) is 16.1. The standard InChI is InChI=1S/C18H23N3OS.ClH/c19-10-8-17-20-16(13-23-17)18(22)21-11-4-7-15(9-12-21)14-5-2-1-3-6-14;/h1-3,5-6,13,15H,4,7-12,19H2;1H. The van der Waals surface area contributed by atoms with Gasteiger partial charge in [0, 0.05) is 24.9 Å². The molecule has 1 saturated heterocycles. The maximum absolute atomic E-state index is 12.7. The lowest BCUT2D eigenvalue weighted by atomic mass is 9.92. The minimum Gasteiger partial charge on any atom is -0.337 e. The molecular weight excluding hydrogens is 342 g/mol. The summed E-state index contributed by atoms with van der Waals surface area (Å²) in [5.41, 5.74) is 7.52. The molecule has 1 fully saturated rings. The third kappa shape index (κ3) is 4.56. The lowest BCUT2D eigenvalue weighted by molar-refractivity contribution is 0.0756. The average molecular weight is 366 g/mol. The Labute approximate surface area is 153 Å². The van der Waals surface area contributed by atoms with Crippen LogP contribution in [-0.4, -0.2) is 35.4 Å². The predicted octanol–water partition coefficient (Wildman–Crippen LogP) is 3.48. The van der Waals surface area contributed by atoms with Crippen LogP contribution in [0.3, 0.4) is 0 Å². The summed E-state index contributed by atoms with van der Waals surface area (Å²) >= 11 is 1.53. The van der Waals surface area contributed by atoms with E-state index in [4.69, 9.17) is 5.73 Å². The molecule has 4 nitrogen and oxygen atoms in total. The van der Waals surface area contributed by atoms with Crippen LogP contribution in [0.5, 0.6) is 0 Å². The van der Waals surface area contributed by atoms with Gasteiger partial charge >= 0.3 is 0 Å². The average Bonchev–Trinajstić information content (AvgIpc) is 2.91. The summed E-state index contributed by atoms with van der Waals surface area (Å²) in [6.45, 7) is 2.21. The van der Waals surface area contributed by atoms with Gasteiger partial charge in [-0.3, -0.25) is 4.79 Å². The zero-order valence-corrected chi connectivity index (χ0v) is 15.3. The Hall–Kier alpha value is -1.43. The van der Waals surface area contributed by atoms with Crippen LogP contribution < -0.4 is 5.73 Å². The van der Waals surface area contributed by atoms with E-state index in [0.717, 1.165) is 43.8 Å². The van der Waals surface area contributed by atoms with Crippen molar-refractivity contribution in [2.24, 2.45) is 5.73 Å². The molecule has 2 N–H and O–H groups in total. The topological polar surface area (TPSA) is 59.2 Å². The van der Waals surface area contributed by atoms with Crippen molar-refractivity contribution in [3.8, 4) is 0 Å². The van der Waals surface area contributed by atoms with Crippen LogP contribution >= 0.6 is 23.7 Å². The number of aromatic nitrogens is 1. The van der Waals surface area contributed by atoms with Gasteiger partial charge in [-0.25, -0.2) is 4.98 Å². The molecule has 1 aromatic carbocycles. The number of hydrogen-bond acceptors (Lipinski definition) is 4. The Morgan fingerprint density at radius 3 is 2.79 bits per heavy atom. The second-order valence-electron chi connectivity index (χ2n) is 6.00. The number of rotatable bonds is 4. The molecule has 0 aliphatic carbocycles. The minimum atomic E-state index is 0. The van der Waals surface area contributed by atoms with Crippen LogP contribution in [0.1, 0.15) is 46.2 Å². The first-order valence-corrected chi connectivity index (χ1v) is 9.14. The van der Waals surface area contributed by atoms with Crippen LogP contribution in [0, 0.1) is 0 Å². The van der Waals surface area contributed by atoms with Crippen molar-refractivity contribution in [3.63, 3.8) is 0 Å². The van der Waals surface area contributed by atoms with Gasteiger partial charge in [-0.1, -0.05) is 30.3 Å². The monoisotopic (exact) mass is 365 g/mol. The van der Waals surface area contributed by atoms with E-state index < -0.39 is 0 Å². The van der Waals surface area contributed by atoms with E-state index in [9.17, 15) is 4.79 Å². The summed E-state index contributed by atoms with van der Waals surface area (Å²) < 4.78 is 0. The number of hydrogen-bond donors (Lipinski definition) is 1. The number of amides is 1. The summed E-state index contributed by atoms with van der Waals surface area (Å²) in [6.07, 6.45) is 3.96. The molecule has 130 valence electrons. The number of halogens is 1. The molecule has 0 bridgehead atoms. The van der Waals surface area contributed by atoms with Gasteiger partial charge in [0.1, 0.15) is 5.69 Å². The Morgan fingerprint density at radius 1 is 1.25 bits per heavy atom. The summed E-state index contributed by atoms with van der Waals surface area (Å²) in [4.78, 5) is 19.0. The SMILES string of the molecule is Cl.NCCc1nc(C(=O)N2CCCC(c3ccccc3)CC2)cs1. The number of nitrogens with two attached hydrogens (primary N) is 1. The summed E-state index contributed by atoms with van der Waals surface area (Å²) in [5.74, 6) is 0.621. The van der Waals surface area contributed by atoms with E-state index in [0.29, 0.717) is 18.2 Å². The molecule has 1 amide bonds. The molecule has 2 heterocycles. The third-order valence-electron chi connectivity index (χ3n) is 4.42. The highest BCUT2D eigenvalue weighted by Gasteiger charge is 2.23. The summed E-state index contributed by atoms with van der Waals surface area (Å²) in [7, 11) is 0. The second kappa shape index (κ2) is 9.16. The highest BCUT2D eigenvalue weighted by atomic mass is 35.5. The van der Waals surface area contributed by atoms with Crippen molar-refractivity contribution in [2.45, 2.75) is 31.6 Å². The van der Waals surface area contributed by atoms with Gasteiger partial charge in [0.2, 0.25) is 0 Å². The lowest BCUT2D eigenvalue weighted by Gasteiger charge is -2.19. The van der Waals surface area contributed by atoms with Crippen LogP contribution in [0.4, 0.5) is 0 Å². The van der Waals surface area contributed by atoms with Gasteiger partial charge in [-0.2, -0.15) is 0 Å². The van der Waals surface area contributed by atoms with Crippen LogP contribution in [-0.2, 0) is 6.42 Å². The predicted molar refractivity (Wildman–Crippen MR) is 101 cm³/mol. The summed E-state index contributed by atoms with van der Waals surface area (Å²) in [5, 5.41) is 2.82. The quantitative estimate of drug-likeness (QED) is 0.902. The molecular formula is C18H24ClN3OS. The van der Waals surface area contributed by atoms with Crippen molar-refractivity contribution in [3.05, 3.63) is 52.0 Å². The molecule has 0 radical (unpaired) electrons. The van der Waals surface area contributed by atoms with E-state index in [1.807, 2.05) is 10.3 Å². The molecule has 3 rings (SSSR count). The van der Waals surface area contributed by atoms with Crippen molar-refractivity contribution in [2.75, 3.05) is 19.6 Å². The zero-order valence-electron chi connectivity index (χ0n) is 13.7. The molecule has 1 aliphatic rings. The second-order valence-corrected chi connectivity index (χ2v) is 6.94. The van der Waals surface area contributed by atoms with Crippen molar-refractivity contribution in [1.82, 2.24) is 9.88 Å². The smallest absolute Gasteiger partial charge is 0.273 e. The van der Waals surface area contributed by atoms with Gasteiger partial charge in [-0.15, -0.1) is 23.7 Å². The van der Waals surface area contributed by atoms with Gasteiger partial charge in [0.05, 0.1) is 5.01 Å². The van der Waals surface area contributed by atoms with Crippen molar-refractivity contribution in [1.29, 1.82) is 0 Å². The van der Waals surface area contributed by atoms with E-state index in [1.54, 1.807) is 0 Å². The normalized spacial score (nSPS) is 17.9. The van der Waals surface area contributed by atoms with Gasteiger partial charge in [0.25, 0.3) is 5.91 Å². The number of benzene rings is 1. The molecule has 1 unspecified atom stereocenters. The number of thiazole rings is 1. The Bertz CT molecular complexity index is 647. The maximum Gasteiger partial charge on any atom is 0.273 e. The number of nitrogens with zero attached hydrogens (tertiary/aromatic N) is 2. The molecule has 6 heteroatoms. The maximum atomic E-state index is 12.7. The van der Waals surface area contributed by atoms with Crippen LogP contribution in [0.2, 0.25) is 0 Å². The van der Waals surface area contributed by atoms with Crippen molar-refractivity contribution >= 4 is 29.7 Å².